The molecule has 0 aromatic heterocycles. The van der Waals surface area contributed by atoms with Gasteiger partial charge in [-0.3, -0.25) is 9.59 Å². The van der Waals surface area contributed by atoms with Gasteiger partial charge >= 0.3 is 0 Å². The highest BCUT2D eigenvalue weighted by Crippen LogP contribution is 2.27. The third-order valence-electron chi connectivity index (χ3n) is 4.06. The summed E-state index contributed by atoms with van der Waals surface area (Å²) in [5.41, 5.74) is 0. The Hall–Kier alpha value is -1.14. The largest absolute Gasteiger partial charge is 0.382 e. The number of ether oxygens (including phenoxy) is 2. The first-order chi connectivity index (χ1) is 9.70. The van der Waals surface area contributed by atoms with Crippen molar-refractivity contribution in [3.05, 3.63) is 0 Å². The summed E-state index contributed by atoms with van der Waals surface area (Å²) in [6, 6.07) is -0.549. The average molecular weight is 284 g/mol. The minimum atomic E-state index is -0.317. The molecule has 0 saturated carbocycles. The van der Waals surface area contributed by atoms with Gasteiger partial charge < -0.3 is 19.3 Å². The first kappa shape index (κ1) is 15.3. The lowest BCUT2D eigenvalue weighted by atomic mass is 10.0. The van der Waals surface area contributed by atoms with Gasteiger partial charge in [0.25, 0.3) is 0 Å². The lowest BCUT2D eigenvalue weighted by molar-refractivity contribution is -0.160. The van der Waals surface area contributed by atoms with Crippen molar-refractivity contribution < 1.29 is 19.1 Å². The van der Waals surface area contributed by atoms with Crippen LogP contribution >= 0.6 is 0 Å². The number of hydrogen-bond acceptors (Lipinski definition) is 4. The highest BCUT2D eigenvalue weighted by molar-refractivity contribution is 5.97. The molecule has 2 aliphatic heterocycles. The zero-order valence-electron chi connectivity index (χ0n) is 12.3. The predicted molar refractivity (Wildman–Crippen MR) is 73.2 cm³/mol. The molecular weight excluding hydrogens is 260 g/mol. The van der Waals surface area contributed by atoms with Gasteiger partial charge in [0, 0.05) is 20.2 Å². The number of methoxy groups -OCH3 is 1. The number of carbonyl (C=O) groups is 2. The van der Waals surface area contributed by atoms with Crippen molar-refractivity contribution in [2.75, 3.05) is 40.0 Å². The summed E-state index contributed by atoms with van der Waals surface area (Å²) in [5.74, 6) is 0.191. The Kier molecular flexibility index (Phi) is 5.37. The van der Waals surface area contributed by atoms with E-state index in [1.54, 1.807) is 16.9 Å². The SMILES string of the molecule is CCC1C(=O)N2CCCC2C(=O)N1CCOCCOC. The van der Waals surface area contributed by atoms with E-state index in [0.29, 0.717) is 32.8 Å². The molecule has 0 spiro atoms. The van der Waals surface area contributed by atoms with Gasteiger partial charge in [-0.25, -0.2) is 0 Å². The molecule has 2 saturated heterocycles. The first-order valence-corrected chi connectivity index (χ1v) is 7.38. The van der Waals surface area contributed by atoms with Gasteiger partial charge in [0.05, 0.1) is 19.8 Å². The molecule has 6 nitrogen and oxygen atoms in total. The molecule has 20 heavy (non-hydrogen) atoms. The molecule has 0 bridgehead atoms. The van der Waals surface area contributed by atoms with Crippen LogP contribution in [0.25, 0.3) is 0 Å². The van der Waals surface area contributed by atoms with Crippen LogP contribution < -0.4 is 0 Å². The molecule has 2 unspecified atom stereocenters. The van der Waals surface area contributed by atoms with Crippen molar-refractivity contribution in [2.24, 2.45) is 0 Å². The van der Waals surface area contributed by atoms with Gasteiger partial charge in [0.1, 0.15) is 12.1 Å². The molecule has 114 valence electrons. The standard InChI is InChI=1S/C14H24N2O4/c1-3-11-13(17)15-6-4-5-12(15)14(18)16(11)7-8-20-10-9-19-2/h11-12H,3-10H2,1-2H3. The first-order valence-electron chi connectivity index (χ1n) is 7.38. The number of carbonyl (C=O) groups excluding carboxylic acids is 2. The van der Waals surface area contributed by atoms with E-state index in [-0.39, 0.29) is 23.9 Å². The van der Waals surface area contributed by atoms with Crippen LogP contribution in [-0.4, -0.2) is 73.7 Å². The second-order valence-corrected chi connectivity index (χ2v) is 5.25. The normalized spacial score (nSPS) is 26.3. The van der Waals surface area contributed by atoms with Crippen LogP contribution in [0.2, 0.25) is 0 Å². The molecule has 2 rings (SSSR count). The molecule has 0 aliphatic carbocycles. The van der Waals surface area contributed by atoms with Crippen LogP contribution in [-0.2, 0) is 19.1 Å². The molecule has 6 heteroatoms. The van der Waals surface area contributed by atoms with Crippen LogP contribution in [0.4, 0.5) is 0 Å². The maximum Gasteiger partial charge on any atom is 0.246 e. The lowest BCUT2D eigenvalue weighted by Crippen LogP contribution is -2.63. The van der Waals surface area contributed by atoms with Crippen molar-refractivity contribution >= 4 is 11.8 Å². The zero-order valence-corrected chi connectivity index (χ0v) is 12.3. The zero-order chi connectivity index (χ0) is 14.5. The summed E-state index contributed by atoms with van der Waals surface area (Å²) in [6.07, 6.45) is 2.38. The van der Waals surface area contributed by atoms with Crippen LogP contribution in [0.5, 0.6) is 0 Å². The van der Waals surface area contributed by atoms with Crippen LogP contribution in [0, 0.1) is 0 Å². The summed E-state index contributed by atoms with van der Waals surface area (Å²) < 4.78 is 10.3. The quantitative estimate of drug-likeness (QED) is 0.629. The van der Waals surface area contributed by atoms with Gasteiger partial charge in [-0.1, -0.05) is 6.92 Å². The molecular formula is C14H24N2O4. The average Bonchev–Trinajstić information content (AvgIpc) is 2.93. The van der Waals surface area contributed by atoms with E-state index in [1.807, 2.05) is 6.92 Å². The highest BCUT2D eigenvalue weighted by Gasteiger charge is 2.46. The van der Waals surface area contributed by atoms with Crippen LogP contribution in [0.15, 0.2) is 0 Å². The van der Waals surface area contributed by atoms with Gasteiger partial charge in [0.2, 0.25) is 11.8 Å². The topological polar surface area (TPSA) is 59.1 Å². The molecule has 0 aromatic carbocycles. The fraction of sp³-hybridized carbons (Fsp3) is 0.857. The maximum atomic E-state index is 12.5. The van der Waals surface area contributed by atoms with Gasteiger partial charge in [-0.2, -0.15) is 0 Å². The Bertz CT molecular complexity index is 361. The van der Waals surface area contributed by atoms with E-state index in [1.165, 1.54) is 0 Å². The summed E-state index contributed by atoms with van der Waals surface area (Å²) in [4.78, 5) is 28.4. The molecule has 0 aromatic rings. The minimum absolute atomic E-state index is 0.0873. The molecule has 2 fully saturated rings. The maximum absolute atomic E-state index is 12.5. The number of fused-ring (bicyclic) bond motifs is 1. The number of rotatable bonds is 7. The summed E-state index contributed by atoms with van der Waals surface area (Å²) in [7, 11) is 1.62. The van der Waals surface area contributed by atoms with Crippen molar-refractivity contribution in [3.8, 4) is 0 Å². The van der Waals surface area contributed by atoms with Crippen molar-refractivity contribution in [3.63, 3.8) is 0 Å². The van der Waals surface area contributed by atoms with E-state index >= 15 is 0 Å². The second-order valence-electron chi connectivity index (χ2n) is 5.25. The smallest absolute Gasteiger partial charge is 0.246 e. The Morgan fingerprint density at radius 3 is 2.70 bits per heavy atom. The van der Waals surface area contributed by atoms with E-state index in [0.717, 1.165) is 19.4 Å². The van der Waals surface area contributed by atoms with Crippen LogP contribution in [0.1, 0.15) is 26.2 Å². The summed E-state index contributed by atoms with van der Waals surface area (Å²) in [5, 5.41) is 0. The summed E-state index contributed by atoms with van der Waals surface area (Å²) >= 11 is 0. The van der Waals surface area contributed by atoms with Crippen molar-refractivity contribution in [1.29, 1.82) is 0 Å². The Morgan fingerprint density at radius 1 is 1.20 bits per heavy atom. The van der Waals surface area contributed by atoms with E-state index in [9.17, 15) is 9.59 Å². The van der Waals surface area contributed by atoms with Gasteiger partial charge in [0.15, 0.2) is 0 Å². The fourth-order valence-electron chi connectivity index (χ4n) is 3.03. The van der Waals surface area contributed by atoms with Gasteiger partial charge in [-0.05, 0) is 19.3 Å². The molecule has 2 atom stereocenters. The number of nitrogens with zero attached hydrogens (tertiary/aromatic N) is 2. The van der Waals surface area contributed by atoms with E-state index in [4.69, 9.17) is 9.47 Å². The second kappa shape index (κ2) is 7.04. The van der Waals surface area contributed by atoms with Gasteiger partial charge in [-0.15, -0.1) is 0 Å². The fourth-order valence-corrected chi connectivity index (χ4v) is 3.03. The number of piperazine rings is 1. The molecule has 2 aliphatic rings. The van der Waals surface area contributed by atoms with Crippen LogP contribution in [0.3, 0.4) is 0 Å². The number of hydrogen-bond donors (Lipinski definition) is 0. The number of amides is 2. The van der Waals surface area contributed by atoms with Crippen molar-refractivity contribution in [1.82, 2.24) is 9.80 Å². The monoisotopic (exact) mass is 284 g/mol. The van der Waals surface area contributed by atoms with Crippen molar-refractivity contribution in [2.45, 2.75) is 38.3 Å². The molecule has 0 radical (unpaired) electrons. The highest BCUT2D eigenvalue weighted by atomic mass is 16.5. The Labute approximate surface area is 120 Å². The molecule has 2 amide bonds. The molecule has 2 heterocycles. The van der Waals surface area contributed by atoms with E-state index < -0.39 is 0 Å². The Balaban J connectivity index is 1.94. The Morgan fingerprint density at radius 2 is 2.00 bits per heavy atom. The molecule has 0 N–H and O–H groups in total. The predicted octanol–water partition coefficient (Wildman–Crippen LogP) is 0.261. The third-order valence-corrected chi connectivity index (χ3v) is 4.06. The summed E-state index contributed by atoms with van der Waals surface area (Å²) in [6.45, 7) is 4.66. The van der Waals surface area contributed by atoms with E-state index in [2.05, 4.69) is 0 Å². The minimum Gasteiger partial charge on any atom is -0.382 e. The third kappa shape index (κ3) is 2.96. The lowest BCUT2D eigenvalue weighted by Gasteiger charge is -2.42.